The molecule has 3 N–H and O–H groups in total. The van der Waals surface area contributed by atoms with Gasteiger partial charge in [-0.2, -0.15) is 22.0 Å². The number of phenolic OH excluding ortho intramolecular Hbond substituents is 2. The predicted octanol–water partition coefficient (Wildman–Crippen LogP) is 10.1. The van der Waals surface area contributed by atoms with Gasteiger partial charge in [0, 0.05) is 6.42 Å². The van der Waals surface area contributed by atoms with Crippen LogP contribution in [0, 0.1) is 0 Å². The lowest BCUT2D eigenvalue weighted by molar-refractivity contribution is -0.284. The van der Waals surface area contributed by atoms with Crippen molar-refractivity contribution in [1.29, 1.82) is 0 Å². The quantitative estimate of drug-likeness (QED) is 0.114. The highest BCUT2D eigenvalue weighted by molar-refractivity contribution is 5.99. The van der Waals surface area contributed by atoms with E-state index in [4.69, 9.17) is 0 Å². The molecule has 0 aliphatic heterocycles. The molecule has 0 aliphatic carbocycles. The summed E-state index contributed by atoms with van der Waals surface area (Å²) in [6.45, 7) is 2.12. The highest BCUT2D eigenvalue weighted by atomic mass is 19.4. The van der Waals surface area contributed by atoms with Gasteiger partial charge in [-0.15, -0.1) is 0 Å². The van der Waals surface area contributed by atoms with Crippen LogP contribution in [-0.2, 0) is 10.2 Å². The molecule has 0 bridgehead atoms. The third-order valence-electron chi connectivity index (χ3n) is 8.04. The fourth-order valence-electron chi connectivity index (χ4n) is 5.72. The largest absolute Gasteiger partial charge is 0.508 e. The molecular weight excluding hydrogens is 555 g/mol. The van der Waals surface area contributed by atoms with Gasteiger partial charge in [0.2, 0.25) is 0 Å². The first-order valence-corrected chi connectivity index (χ1v) is 14.6. The number of carboxylic acid groups (broad SMARTS) is 1. The molecule has 9 heteroatoms. The van der Waals surface area contributed by atoms with Gasteiger partial charge < -0.3 is 15.3 Å². The number of benzene rings is 3. The number of hydrogen-bond donors (Lipinski definition) is 3. The second-order valence-corrected chi connectivity index (χ2v) is 11.1. The Hall–Kier alpha value is -3.36. The first kappa shape index (κ1) is 33.1. The minimum Gasteiger partial charge on any atom is -0.508 e. The molecule has 4 nitrogen and oxygen atoms in total. The Morgan fingerprint density at radius 2 is 1.26 bits per heavy atom. The van der Waals surface area contributed by atoms with Crippen LogP contribution in [0.15, 0.2) is 54.6 Å². The van der Waals surface area contributed by atoms with E-state index in [9.17, 15) is 42.1 Å². The Morgan fingerprint density at radius 3 is 1.86 bits per heavy atom. The smallest absolute Gasteiger partial charge is 0.453 e. The van der Waals surface area contributed by atoms with E-state index in [1.807, 2.05) is 0 Å². The van der Waals surface area contributed by atoms with E-state index in [2.05, 4.69) is 6.92 Å². The van der Waals surface area contributed by atoms with Gasteiger partial charge in [-0.05, 0) is 71.0 Å². The van der Waals surface area contributed by atoms with E-state index < -0.39 is 42.7 Å². The Kier molecular flexibility index (Phi) is 11.2. The zero-order valence-corrected chi connectivity index (χ0v) is 23.8. The maximum atomic E-state index is 13.9. The zero-order chi connectivity index (χ0) is 31.0. The molecule has 3 rings (SSSR count). The van der Waals surface area contributed by atoms with Gasteiger partial charge in [0.1, 0.15) is 11.5 Å². The molecule has 0 heterocycles. The van der Waals surface area contributed by atoms with Crippen LogP contribution in [0.25, 0.3) is 21.9 Å². The standard InChI is InChI=1S/C33H39F5O4/c1-2-3-4-5-6-7-8-9-19-31(30(41)42,20-10-21-32(34,35)33(36,37)38)29-27(23-11-14-25(39)15-12-23)17-13-24-22-26(40)16-18-28(24)29/h11-18,22,39-40H,2-10,19-21H2,1H3,(H,41,42). The number of carboxylic acids is 1. The number of alkyl halides is 5. The van der Waals surface area contributed by atoms with Crippen LogP contribution in [0.2, 0.25) is 0 Å². The van der Waals surface area contributed by atoms with Crippen LogP contribution >= 0.6 is 0 Å². The minimum atomic E-state index is -5.73. The highest BCUT2D eigenvalue weighted by Crippen LogP contribution is 2.47. The van der Waals surface area contributed by atoms with Crippen molar-refractivity contribution in [2.75, 3.05) is 0 Å². The van der Waals surface area contributed by atoms with Crippen LogP contribution < -0.4 is 0 Å². The lowest BCUT2D eigenvalue weighted by Crippen LogP contribution is -2.39. The summed E-state index contributed by atoms with van der Waals surface area (Å²) in [6.07, 6.45) is -0.919. The van der Waals surface area contributed by atoms with Crippen molar-refractivity contribution < 1.29 is 42.1 Å². The molecule has 3 aromatic rings. The third kappa shape index (κ3) is 7.92. The van der Waals surface area contributed by atoms with Crippen molar-refractivity contribution in [3.05, 3.63) is 60.2 Å². The monoisotopic (exact) mass is 594 g/mol. The van der Waals surface area contributed by atoms with E-state index in [1.54, 1.807) is 30.3 Å². The highest BCUT2D eigenvalue weighted by Gasteiger charge is 2.57. The SMILES string of the molecule is CCCCCCCCCCC(CCCC(F)(F)C(F)(F)F)(C(=O)O)c1c(-c2ccc(O)cc2)ccc2cc(O)ccc12. The van der Waals surface area contributed by atoms with Crippen molar-refractivity contribution in [3.8, 4) is 22.6 Å². The van der Waals surface area contributed by atoms with Gasteiger partial charge in [-0.3, -0.25) is 4.79 Å². The molecule has 0 aromatic heterocycles. The van der Waals surface area contributed by atoms with Gasteiger partial charge in [-0.1, -0.05) is 88.6 Å². The summed E-state index contributed by atoms with van der Waals surface area (Å²) in [4.78, 5) is 13.3. The van der Waals surface area contributed by atoms with Crippen LogP contribution in [0.3, 0.4) is 0 Å². The molecular formula is C33H39F5O4. The number of aliphatic carboxylic acids is 1. The maximum absolute atomic E-state index is 13.9. The normalized spacial score (nSPS) is 13.8. The lowest BCUT2D eigenvalue weighted by Gasteiger charge is -2.34. The molecule has 0 aliphatic rings. The van der Waals surface area contributed by atoms with Crippen molar-refractivity contribution in [2.45, 2.75) is 101 Å². The number of aromatic hydroxyl groups is 2. The number of unbranched alkanes of at least 4 members (excludes halogenated alkanes) is 7. The van der Waals surface area contributed by atoms with Crippen LogP contribution in [0.4, 0.5) is 22.0 Å². The molecule has 1 atom stereocenters. The summed E-state index contributed by atoms with van der Waals surface area (Å²) in [5.74, 6) is -6.31. The number of halogens is 5. The molecule has 0 radical (unpaired) electrons. The van der Waals surface area contributed by atoms with E-state index in [0.29, 0.717) is 40.3 Å². The van der Waals surface area contributed by atoms with Crippen LogP contribution in [0.5, 0.6) is 11.5 Å². The molecule has 0 spiro atoms. The third-order valence-corrected chi connectivity index (χ3v) is 8.04. The predicted molar refractivity (Wildman–Crippen MR) is 154 cm³/mol. The summed E-state index contributed by atoms with van der Waals surface area (Å²) in [5, 5.41) is 31.7. The van der Waals surface area contributed by atoms with E-state index in [-0.39, 0.29) is 17.9 Å². The van der Waals surface area contributed by atoms with Crippen LogP contribution in [0.1, 0.15) is 89.5 Å². The lowest BCUT2D eigenvalue weighted by atomic mass is 9.68. The van der Waals surface area contributed by atoms with Crippen molar-refractivity contribution >= 4 is 16.7 Å². The number of rotatable bonds is 16. The van der Waals surface area contributed by atoms with Gasteiger partial charge in [0.15, 0.2) is 0 Å². The van der Waals surface area contributed by atoms with E-state index >= 15 is 0 Å². The number of hydrogen-bond acceptors (Lipinski definition) is 3. The van der Waals surface area contributed by atoms with Crippen molar-refractivity contribution in [3.63, 3.8) is 0 Å². The number of phenols is 2. The molecule has 230 valence electrons. The van der Waals surface area contributed by atoms with E-state index in [0.717, 1.165) is 38.5 Å². The van der Waals surface area contributed by atoms with Crippen LogP contribution in [-0.4, -0.2) is 33.4 Å². The van der Waals surface area contributed by atoms with Gasteiger partial charge in [0.05, 0.1) is 5.41 Å². The van der Waals surface area contributed by atoms with Crippen molar-refractivity contribution in [2.24, 2.45) is 0 Å². The summed E-state index contributed by atoms with van der Waals surface area (Å²) in [7, 11) is 0. The first-order chi connectivity index (χ1) is 19.8. The van der Waals surface area contributed by atoms with Gasteiger partial charge >= 0.3 is 18.1 Å². The average molecular weight is 595 g/mol. The molecule has 42 heavy (non-hydrogen) atoms. The number of carbonyl (C=O) groups is 1. The second-order valence-electron chi connectivity index (χ2n) is 11.1. The Bertz CT molecular complexity index is 1320. The fraction of sp³-hybridized carbons (Fsp3) is 0.485. The summed E-state index contributed by atoms with van der Waals surface area (Å²) < 4.78 is 66.9. The summed E-state index contributed by atoms with van der Waals surface area (Å²) >= 11 is 0. The van der Waals surface area contributed by atoms with Crippen molar-refractivity contribution in [1.82, 2.24) is 0 Å². The maximum Gasteiger partial charge on any atom is 0.453 e. The molecule has 0 saturated carbocycles. The molecule has 0 amide bonds. The molecule has 0 saturated heterocycles. The summed E-state index contributed by atoms with van der Waals surface area (Å²) in [6, 6.07) is 13.8. The molecule has 0 fully saturated rings. The number of fused-ring (bicyclic) bond motifs is 1. The summed E-state index contributed by atoms with van der Waals surface area (Å²) in [5.41, 5.74) is -0.456. The first-order valence-electron chi connectivity index (χ1n) is 14.6. The topological polar surface area (TPSA) is 77.8 Å². The molecule has 3 aromatic carbocycles. The fourth-order valence-corrected chi connectivity index (χ4v) is 5.72. The van der Waals surface area contributed by atoms with E-state index in [1.165, 1.54) is 24.3 Å². The second kappa shape index (κ2) is 14.2. The van der Waals surface area contributed by atoms with Gasteiger partial charge in [0.25, 0.3) is 0 Å². The minimum absolute atomic E-state index is 0.0103. The molecule has 1 unspecified atom stereocenters. The van der Waals surface area contributed by atoms with Gasteiger partial charge in [-0.25, -0.2) is 0 Å². The Labute approximate surface area is 243 Å². The Morgan fingerprint density at radius 1 is 0.690 bits per heavy atom. The zero-order valence-electron chi connectivity index (χ0n) is 23.8. The average Bonchev–Trinajstić information content (AvgIpc) is 2.92. The Balaban J connectivity index is 2.10.